The van der Waals surface area contributed by atoms with Crippen LogP contribution in [0, 0.1) is 5.82 Å². The summed E-state index contributed by atoms with van der Waals surface area (Å²) < 4.78 is 13.4. The first-order chi connectivity index (χ1) is 8.09. The van der Waals surface area contributed by atoms with E-state index in [1.165, 1.54) is 24.5 Å². The van der Waals surface area contributed by atoms with Crippen molar-refractivity contribution in [2.75, 3.05) is 5.73 Å². The predicted octanol–water partition coefficient (Wildman–Crippen LogP) is 1.93. The third kappa shape index (κ3) is 2.35. The number of hydrogen-bond donors (Lipinski definition) is 2. The van der Waals surface area contributed by atoms with Gasteiger partial charge in [0.05, 0.1) is 11.2 Å². The van der Waals surface area contributed by atoms with Crippen LogP contribution in [0.1, 0.15) is 17.2 Å². The van der Waals surface area contributed by atoms with E-state index in [-0.39, 0.29) is 16.9 Å². The van der Waals surface area contributed by atoms with Crippen LogP contribution in [0.4, 0.5) is 10.2 Å². The van der Waals surface area contributed by atoms with Gasteiger partial charge in [-0.25, -0.2) is 9.37 Å². The monoisotopic (exact) mass is 253 g/mol. The predicted molar refractivity (Wildman–Crippen MR) is 61.9 cm³/mol. The van der Waals surface area contributed by atoms with Gasteiger partial charge in [0, 0.05) is 23.5 Å². The van der Waals surface area contributed by atoms with E-state index < -0.39 is 11.9 Å². The first-order valence-corrected chi connectivity index (χ1v) is 5.16. The first-order valence-electron chi connectivity index (χ1n) is 4.78. The van der Waals surface area contributed by atoms with Crippen LogP contribution in [0.2, 0.25) is 5.02 Å². The molecular formula is C11H9ClFN3O. The van der Waals surface area contributed by atoms with Crippen LogP contribution < -0.4 is 5.73 Å². The molecule has 2 aromatic heterocycles. The van der Waals surface area contributed by atoms with E-state index in [2.05, 4.69) is 9.97 Å². The molecule has 88 valence electrons. The number of nitrogens with zero attached hydrogens (tertiary/aromatic N) is 2. The van der Waals surface area contributed by atoms with Crippen LogP contribution in [-0.4, -0.2) is 15.1 Å². The first kappa shape index (κ1) is 11.8. The molecule has 1 unspecified atom stereocenters. The zero-order valence-electron chi connectivity index (χ0n) is 8.64. The van der Waals surface area contributed by atoms with Crippen LogP contribution in [0.25, 0.3) is 0 Å². The van der Waals surface area contributed by atoms with Gasteiger partial charge in [-0.2, -0.15) is 0 Å². The lowest BCUT2D eigenvalue weighted by molar-refractivity contribution is 0.215. The fourth-order valence-corrected chi connectivity index (χ4v) is 1.63. The van der Waals surface area contributed by atoms with E-state index in [0.29, 0.717) is 5.02 Å². The van der Waals surface area contributed by atoms with Crippen molar-refractivity contribution in [2.45, 2.75) is 6.10 Å². The summed E-state index contributed by atoms with van der Waals surface area (Å²) in [6.45, 7) is 0. The maximum Gasteiger partial charge on any atom is 0.147 e. The number of anilines is 1. The average Bonchev–Trinajstić information content (AvgIpc) is 2.32. The number of pyridine rings is 2. The standard InChI is InChI=1S/C11H9ClFN3O/c12-6-3-8(11(14)16-4-6)10(17)7-1-2-15-5-9(7)13/h1-5,10,17H,(H2,14,16). The van der Waals surface area contributed by atoms with Gasteiger partial charge in [-0.3, -0.25) is 4.98 Å². The summed E-state index contributed by atoms with van der Waals surface area (Å²) in [7, 11) is 0. The fourth-order valence-electron chi connectivity index (χ4n) is 1.46. The lowest BCUT2D eigenvalue weighted by Crippen LogP contribution is -2.07. The van der Waals surface area contributed by atoms with Gasteiger partial charge in [-0.15, -0.1) is 0 Å². The summed E-state index contributed by atoms with van der Waals surface area (Å²) >= 11 is 5.75. The smallest absolute Gasteiger partial charge is 0.147 e. The second-order valence-electron chi connectivity index (χ2n) is 3.43. The van der Waals surface area contributed by atoms with E-state index >= 15 is 0 Å². The highest BCUT2D eigenvalue weighted by atomic mass is 35.5. The Balaban J connectivity index is 2.47. The van der Waals surface area contributed by atoms with Gasteiger partial charge in [-0.1, -0.05) is 11.6 Å². The van der Waals surface area contributed by atoms with Crippen LogP contribution in [0.5, 0.6) is 0 Å². The number of halogens is 2. The van der Waals surface area contributed by atoms with Crippen LogP contribution in [0.15, 0.2) is 30.7 Å². The summed E-state index contributed by atoms with van der Waals surface area (Å²) in [5, 5.41) is 10.4. The van der Waals surface area contributed by atoms with Gasteiger partial charge >= 0.3 is 0 Å². The van der Waals surface area contributed by atoms with Gasteiger partial charge in [0.15, 0.2) is 0 Å². The SMILES string of the molecule is Nc1ncc(Cl)cc1C(O)c1ccncc1F. The molecule has 0 aliphatic rings. The van der Waals surface area contributed by atoms with Crippen LogP contribution in [0.3, 0.4) is 0 Å². The molecule has 0 aliphatic carbocycles. The van der Waals surface area contributed by atoms with E-state index in [1.807, 2.05) is 0 Å². The normalized spacial score (nSPS) is 12.4. The van der Waals surface area contributed by atoms with Crippen molar-refractivity contribution in [1.82, 2.24) is 9.97 Å². The third-order valence-corrected chi connectivity index (χ3v) is 2.52. The van der Waals surface area contributed by atoms with Crippen molar-refractivity contribution in [3.05, 3.63) is 52.7 Å². The number of aromatic nitrogens is 2. The maximum absolute atomic E-state index is 13.4. The summed E-state index contributed by atoms with van der Waals surface area (Å²) in [4.78, 5) is 7.40. The zero-order valence-corrected chi connectivity index (χ0v) is 9.39. The quantitative estimate of drug-likeness (QED) is 0.858. The largest absolute Gasteiger partial charge is 0.383 e. The Kier molecular flexibility index (Phi) is 3.21. The Morgan fingerprint density at radius 3 is 2.82 bits per heavy atom. The molecule has 3 N–H and O–H groups in total. The minimum atomic E-state index is -1.22. The molecule has 0 saturated carbocycles. The lowest BCUT2D eigenvalue weighted by Gasteiger charge is -2.13. The Morgan fingerprint density at radius 2 is 2.12 bits per heavy atom. The second kappa shape index (κ2) is 4.65. The van der Waals surface area contributed by atoms with Crippen molar-refractivity contribution in [3.8, 4) is 0 Å². The van der Waals surface area contributed by atoms with Crippen LogP contribution >= 0.6 is 11.6 Å². The van der Waals surface area contributed by atoms with Crippen molar-refractivity contribution < 1.29 is 9.50 Å². The van der Waals surface area contributed by atoms with Gasteiger partial charge in [0.1, 0.15) is 17.7 Å². The molecule has 2 rings (SSSR count). The van der Waals surface area contributed by atoms with Gasteiger partial charge in [0.2, 0.25) is 0 Å². The van der Waals surface area contributed by atoms with Crippen LogP contribution in [-0.2, 0) is 0 Å². The summed E-state index contributed by atoms with van der Waals surface area (Å²) in [5.41, 5.74) is 5.96. The maximum atomic E-state index is 13.4. The Hall–Kier alpha value is -1.72. The average molecular weight is 254 g/mol. The van der Waals surface area contributed by atoms with Gasteiger partial charge < -0.3 is 10.8 Å². The Bertz CT molecular complexity index is 550. The molecule has 0 bridgehead atoms. The molecule has 0 amide bonds. The van der Waals surface area contributed by atoms with E-state index in [0.717, 1.165) is 6.20 Å². The molecule has 4 nitrogen and oxygen atoms in total. The summed E-state index contributed by atoms with van der Waals surface area (Å²) in [6, 6.07) is 2.83. The van der Waals surface area contributed by atoms with Gasteiger partial charge in [-0.05, 0) is 12.1 Å². The summed E-state index contributed by atoms with van der Waals surface area (Å²) in [5.74, 6) is -0.502. The molecule has 0 saturated heterocycles. The van der Waals surface area contributed by atoms with Crippen molar-refractivity contribution in [1.29, 1.82) is 0 Å². The minimum Gasteiger partial charge on any atom is -0.383 e. The zero-order chi connectivity index (χ0) is 12.4. The molecule has 0 fully saturated rings. The lowest BCUT2D eigenvalue weighted by atomic mass is 10.0. The topological polar surface area (TPSA) is 72.0 Å². The highest BCUT2D eigenvalue weighted by Gasteiger charge is 2.18. The molecular weight excluding hydrogens is 245 g/mol. The van der Waals surface area contributed by atoms with Gasteiger partial charge in [0.25, 0.3) is 0 Å². The summed E-state index contributed by atoms with van der Waals surface area (Å²) in [6.07, 6.45) is 2.54. The molecule has 2 heterocycles. The van der Waals surface area contributed by atoms with Crippen molar-refractivity contribution in [3.63, 3.8) is 0 Å². The molecule has 0 aromatic carbocycles. The van der Waals surface area contributed by atoms with E-state index in [9.17, 15) is 9.50 Å². The van der Waals surface area contributed by atoms with E-state index in [1.54, 1.807) is 0 Å². The third-order valence-electron chi connectivity index (χ3n) is 2.31. The molecule has 0 radical (unpaired) electrons. The molecule has 17 heavy (non-hydrogen) atoms. The van der Waals surface area contributed by atoms with E-state index in [4.69, 9.17) is 17.3 Å². The van der Waals surface area contributed by atoms with Crippen molar-refractivity contribution >= 4 is 17.4 Å². The molecule has 0 aliphatic heterocycles. The molecule has 1 atom stereocenters. The number of rotatable bonds is 2. The highest BCUT2D eigenvalue weighted by molar-refractivity contribution is 6.30. The number of hydrogen-bond acceptors (Lipinski definition) is 4. The minimum absolute atomic E-state index is 0.0794. The highest BCUT2D eigenvalue weighted by Crippen LogP contribution is 2.28. The van der Waals surface area contributed by atoms with Crippen molar-refractivity contribution in [2.24, 2.45) is 0 Å². The number of nitrogens with two attached hydrogens (primary N) is 1. The number of aliphatic hydroxyl groups excluding tert-OH is 1. The number of nitrogen functional groups attached to an aromatic ring is 1. The fraction of sp³-hybridized carbons (Fsp3) is 0.0909. The molecule has 2 aromatic rings. The molecule has 6 heteroatoms. The second-order valence-corrected chi connectivity index (χ2v) is 3.86. The number of aliphatic hydroxyl groups is 1. The Labute approximate surface area is 102 Å². The molecule has 0 spiro atoms. The Morgan fingerprint density at radius 1 is 1.35 bits per heavy atom.